The van der Waals surface area contributed by atoms with Crippen LogP contribution in [0.15, 0.2) is 42.5 Å². The van der Waals surface area contributed by atoms with E-state index in [2.05, 4.69) is 5.32 Å². The number of ether oxygens (including phenoxy) is 1. The number of para-hydroxylation sites is 2. The van der Waals surface area contributed by atoms with Crippen molar-refractivity contribution in [1.29, 1.82) is 0 Å². The Balaban J connectivity index is 2.31. The third kappa shape index (κ3) is 3.18. The molecule has 0 fully saturated rings. The van der Waals surface area contributed by atoms with E-state index in [1.165, 1.54) is 0 Å². The summed E-state index contributed by atoms with van der Waals surface area (Å²) in [6.45, 7) is 0.387. The Morgan fingerprint density at radius 1 is 1.15 bits per heavy atom. The largest absolute Gasteiger partial charge is 0.495 e. The van der Waals surface area contributed by atoms with Gasteiger partial charge in [0.2, 0.25) is 0 Å². The average molecular weight is 311 g/mol. The van der Waals surface area contributed by atoms with Gasteiger partial charge in [0.25, 0.3) is 0 Å². The Morgan fingerprint density at radius 3 is 2.60 bits per heavy atom. The van der Waals surface area contributed by atoms with Crippen LogP contribution < -0.4 is 15.8 Å². The van der Waals surface area contributed by atoms with Gasteiger partial charge in [0, 0.05) is 6.54 Å². The molecule has 5 heteroatoms. The number of anilines is 1. The number of halogens is 2. The Morgan fingerprint density at radius 2 is 1.90 bits per heavy atom. The number of methoxy groups -OCH3 is 1. The number of rotatable bonds is 5. The van der Waals surface area contributed by atoms with Gasteiger partial charge in [-0.2, -0.15) is 0 Å². The molecule has 1 atom stereocenters. The molecule has 3 nitrogen and oxygen atoms in total. The monoisotopic (exact) mass is 310 g/mol. The van der Waals surface area contributed by atoms with Crippen molar-refractivity contribution in [2.75, 3.05) is 19.0 Å². The van der Waals surface area contributed by atoms with Crippen molar-refractivity contribution in [2.24, 2.45) is 5.73 Å². The van der Waals surface area contributed by atoms with Gasteiger partial charge < -0.3 is 15.8 Å². The van der Waals surface area contributed by atoms with Crippen LogP contribution in [0.4, 0.5) is 5.69 Å². The highest BCUT2D eigenvalue weighted by atomic mass is 35.5. The number of hydrogen-bond donors (Lipinski definition) is 2. The molecule has 3 N–H and O–H groups in total. The molecule has 0 aliphatic rings. The van der Waals surface area contributed by atoms with E-state index >= 15 is 0 Å². The van der Waals surface area contributed by atoms with Gasteiger partial charge in [-0.25, -0.2) is 0 Å². The number of nitrogens with two attached hydrogens (primary N) is 1. The van der Waals surface area contributed by atoms with Gasteiger partial charge in [0.1, 0.15) is 5.75 Å². The van der Waals surface area contributed by atoms with E-state index in [0.29, 0.717) is 16.6 Å². The molecule has 0 bridgehead atoms. The smallest absolute Gasteiger partial charge is 0.141 e. The summed E-state index contributed by atoms with van der Waals surface area (Å²) in [5.74, 6) is 0.754. The van der Waals surface area contributed by atoms with E-state index in [1.807, 2.05) is 36.4 Å². The lowest BCUT2D eigenvalue weighted by molar-refractivity contribution is 0.416. The molecule has 0 spiro atoms. The summed E-state index contributed by atoms with van der Waals surface area (Å²) in [5, 5.41) is 4.38. The number of benzene rings is 2. The van der Waals surface area contributed by atoms with Crippen LogP contribution in [0.1, 0.15) is 11.6 Å². The van der Waals surface area contributed by atoms with Gasteiger partial charge in [-0.05, 0) is 23.8 Å². The van der Waals surface area contributed by atoms with Crippen LogP contribution in [0, 0.1) is 0 Å². The van der Waals surface area contributed by atoms with Crippen LogP contribution >= 0.6 is 23.2 Å². The van der Waals surface area contributed by atoms with E-state index in [0.717, 1.165) is 17.0 Å². The third-order valence-electron chi connectivity index (χ3n) is 3.03. The van der Waals surface area contributed by atoms with Crippen LogP contribution in [0.25, 0.3) is 0 Å². The summed E-state index contributed by atoms with van der Waals surface area (Å²) in [7, 11) is 1.63. The average Bonchev–Trinajstić information content (AvgIpc) is 2.48. The summed E-state index contributed by atoms with van der Waals surface area (Å²) in [5.41, 5.74) is 7.59. The van der Waals surface area contributed by atoms with E-state index in [1.54, 1.807) is 13.2 Å². The third-order valence-corrected chi connectivity index (χ3v) is 3.86. The van der Waals surface area contributed by atoms with Gasteiger partial charge in [-0.3, -0.25) is 0 Å². The lowest BCUT2D eigenvalue weighted by Gasteiger charge is -2.21. The van der Waals surface area contributed by atoms with Crippen molar-refractivity contribution in [2.45, 2.75) is 6.04 Å². The molecule has 0 heterocycles. The Labute approximate surface area is 128 Å². The van der Waals surface area contributed by atoms with Crippen molar-refractivity contribution in [1.82, 2.24) is 0 Å². The van der Waals surface area contributed by atoms with Crippen LogP contribution in [0.5, 0.6) is 5.75 Å². The standard InChI is InChI=1S/C15H16Cl2N2O/c1-20-14-8-3-2-7-12(14)19-13(9-18)10-5-4-6-11(16)15(10)17/h2-8,13,19H,9,18H2,1H3. The minimum atomic E-state index is -0.141. The lowest BCUT2D eigenvalue weighted by atomic mass is 10.1. The molecule has 2 rings (SSSR count). The van der Waals surface area contributed by atoms with E-state index in [4.69, 9.17) is 33.7 Å². The maximum atomic E-state index is 6.25. The highest BCUT2D eigenvalue weighted by Crippen LogP contribution is 2.33. The summed E-state index contributed by atoms with van der Waals surface area (Å²) < 4.78 is 5.32. The molecule has 0 aliphatic heterocycles. The van der Waals surface area contributed by atoms with Crippen molar-refractivity contribution in [3.8, 4) is 5.75 Å². The Kier molecular flexibility index (Phi) is 5.12. The summed E-state index contributed by atoms with van der Waals surface area (Å²) >= 11 is 12.3. The van der Waals surface area contributed by atoms with Crippen molar-refractivity contribution in [3.05, 3.63) is 58.1 Å². The molecule has 0 radical (unpaired) electrons. The summed E-state index contributed by atoms with van der Waals surface area (Å²) in [6, 6.07) is 13.0. The second-order valence-electron chi connectivity index (χ2n) is 4.28. The first-order chi connectivity index (χ1) is 9.67. The highest BCUT2D eigenvalue weighted by Gasteiger charge is 2.16. The first-order valence-corrected chi connectivity index (χ1v) is 6.96. The van der Waals surface area contributed by atoms with Gasteiger partial charge in [-0.1, -0.05) is 47.5 Å². The van der Waals surface area contributed by atoms with Gasteiger partial charge >= 0.3 is 0 Å². The molecule has 0 aliphatic carbocycles. The molecule has 2 aromatic rings. The maximum Gasteiger partial charge on any atom is 0.141 e. The molecular weight excluding hydrogens is 295 g/mol. The highest BCUT2D eigenvalue weighted by molar-refractivity contribution is 6.42. The zero-order valence-corrected chi connectivity index (χ0v) is 12.6. The zero-order chi connectivity index (χ0) is 14.5. The van der Waals surface area contributed by atoms with Gasteiger partial charge in [0.05, 0.1) is 28.9 Å². The number of nitrogens with one attached hydrogen (secondary N) is 1. The lowest BCUT2D eigenvalue weighted by Crippen LogP contribution is -2.21. The second kappa shape index (κ2) is 6.84. The molecule has 0 aromatic heterocycles. The zero-order valence-electron chi connectivity index (χ0n) is 11.1. The van der Waals surface area contributed by atoms with Crippen molar-refractivity contribution in [3.63, 3.8) is 0 Å². The minimum Gasteiger partial charge on any atom is -0.495 e. The molecule has 2 aromatic carbocycles. The SMILES string of the molecule is COc1ccccc1NC(CN)c1cccc(Cl)c1Cl. The van der Waals surface area contributed by atoms with Crippen molar-refractivity contribution < 1.29 is 4.74 Å². The predicted octanol–water partition coefficient (Wildman–Crippen LogP) is 4.11. The van der Waals surface area contributed by atoms with Crippen LogP contribution in [-0.4, -0.2) is 13.7 Å². The fourth-order valence-electron chi connectivity index (χ4n) is 2.00. The first kappa shape index (κ1) is 15.0. The maximum absolute atomic E-state index is 6.25. The number of hydrogen-bond acceptors (Lipinski definition) is 3. The van der Waals surface area contributed by atoms with Crippen LogP contribution in [-0.2, 0) is 0 Å². The van der Waals surface area contributed by atoms with E-state index < -0.39 is 0 Å². The van der Waals surface area contributed by atoms with Crippen molar-refractivity contribution >= 4 is 28.9 Å². The van der Waals surface area contributed by atoms with E-state index in [-0.39, 0.29) is 6.04 Å². The summed E-state index contributed by atoms with van der Waals surface area (Å²) in [6.07, 6.45) is 0. The summed E-state index contributed by atoms with van der Waals surface area (Å²) in [4.78, 5) is 0. The normalized spacial score (nSPS) is 12.0. The van der Waals surface area contributed by atoms with E-state index in [9.17, 15) is 0 Å². The van der Waals surface area contributed by atoms with Crippen LogP contribution in [0.3, 0.4) is 0 Å². The Hall–Kier alpha value is -1.42. The first-order valence-electron chi connectivity index (χ1n) is 6.21. The fourth-order valence-corrected chi connectivity index (χ4v) is 2.44. The van der Waals surface area contributed by atoms with Gasteiger partial charge in [-0.15, -0.1) is 0 Å². The van der Waals surface area contributed by atoms with Crippen LogP contribution in [0.2, 0.25) is 10.0 Å². The predicted molar refractivity (Wildman–Crippen MR) is 84.9 cm³/mol. The minimum absolute atomic E-state index is 0.141. The van der Waals surface area contributed by atoms with Gasteiger partial charge in [0.15, 0.2) is 0 Å². The molecule has 20 heavy (non-hydrogen) atoms. The quantitative estimate of drug-likeness (QED) is 0.873. The molecule has 0 saturated heterocycles. The molecule has 1 unspecified atom stereocenters. The molecule has 0 amide bonds. The topological polar surface area (TPSA) is 47.3 Å². The Bertz CT molecular complexity index is 590. The molecular formula is C15H16Cl2N2O. The molecule has 0 saturated carbocycles. The molecule has 106 valence electrons. The second-order valence-corrected chi connectivity index (χ2v) is 5.06. The fraction of sp³-hybridized carbons (Fsp3) is 0.200.